The Labute approximate surface area is 185 Å². The summed E-state index contributed by atoms with van der Waals surface area (Å²) in [6, 6.07) is 8.34. The Morgan fingerprint density at radius 3 is 2.44 bits per heavy atom. The van der Waals surface area contributed by atoms with Gasteiger partial charge < -0.3 is 10.1 Å². The lowest BCUT2D eigenvalue weighted by atomic mass is 10.0. The van der Waals surface area contributed by atoms with Gasteiger partial charge in [-0.15, -0.1) is 0 Å². The Bertz CT molecular complexity index is 1150. The van der Waals surface area contributed by atoms with Crippen LogP contribution >= 0.6 is 0 Å². The summed E-state index contributed by atoms with van der Waals surface area (Å²) in [5.74, 6) is -0.573. The van der Waals surface area contributed by atoms with Crippen LogP contribution in [0.4, 0.5) is 11.4 Å². The second-order valence-corrected chi connectivity index (χ2v) is 9.23. The molecule has 1 atom stereocenters. The van der Waals surface area contributed by atoms with Gasteiger partial charge in [0.05, 0.1) is 22.6 Å². The number of methoxy groups -OCH3 is 1. The Morgan fingerprint density at radius 2 is 1.84 bits per heavy atom. The fourth-order valence-corrected chi connectivity index (χ4v) is 5.23. The van der Waals surface area contributed by atoms with Crippen LogP contribution in [0.15, 0.2) is 47.4 Å². The van der Waals surface area contributed by atoms with Gasteiger partial charge in [0.25, 0.3) is 5.69 Å². The highest BCUT2D eigenvalue weighted by molar-refractivity contribution is 7.89. The molecule has 0 bridgehead atoms. The van der Waals surface area contributed by atoms with Crippen molar-refractivity contribution in [2.45, 2.75) is 37.1 Å². The molecule has 2 aromatic carbocycles. The maximum absolute atomic E-state index is 13.2. The van der Waals surface area contributed by atoms with Crippen molar-refractivity contribution in [3.63, 3.8) is 0 Å². The molecule has 170 valence electrons. The molecule has 0 spiro atoms. The number of non-ortho nitro benzene ring substituents is 1. The molecule has 0 saturated carbocycles. The number of benzene rings is 2. The number of rotatable bonds is 7. The number of piperidine rings is 1. The summed E-state index contributed by atoms with van der Waals surface area (Å²) in [7, 11) is -2.65. The van der Waals surface area contributed by atoms with E-state index in [1.165, 1.54) is 56.5 Å². The van der Waals surface area contributed by atoms with Gasteiger partial charge in [0, 0.05) is 24.2 Å². The number of nitro groups is 1. The number of amides is 1. The van der Waals surface area contributed by atoms with Crippen LogP contribution in [0, 0.1) is 10.1 Å². The topological polar surface area (TPSA) is 136 Å². The van der Waals surface area contributed by atoms with Crippen LogP contribution in [-0.4, -0.2) is 49.0 Å². The summed E-state index contributed by atoms with van der Waals surface area (Å²) < 4.78 is 32.8. The minimum absolute atomic E-state index is 0.0184. The van der Waals surface area contributed by atoms with Crippen molar-refractivity contribution in [1.29, 1.82) is 0 Å². The number of carbonyl (C=O) groups excluding carboxylic acids is 2. The van der Waals surface area contributed by atoms with Crippen molar-refractivity contribution in [2.75, 3.05) is 19.0 Å². The normalized spacial score (nSPS) is 16.9. The van der Waals surface area contributed by atoms with Gasteiger partial charge in [-0.3, -0.25) is 19.7 Å². The van der Waals surface area contributed by atoms with Crippen molar-refractivity contribution in [1.82, 2.24) is 4.31 Å². The van der Waals surface area contributed by atoms with Gasteiger partial charge in [0.1, 0.15) is 11.8 Å². The first kappa shape index (κ1) is 23.4. The standard InChI is InChI=1S/C21H23N3O7S/c1-14(25)15-6-9-17(10-7-15)32(29,30)23-12-4-3-5-19(23)21(26)22-18-13-16(24(27)28)8-11-20(18)31-2/h6-11,13,19H,3-5,12H2,1-2H3,(H,22,26). The number of Topliss-reactive ketones (excluding diaryl/α,β-unsaturated/α-hetero) is 1. The number of sulfonamides is 1. The van der Waals surface area contributed by atoms with Crippen molar-refractivity contribution in [2.24, 2.45) is 0 Å². The van der Waals surface area contributed by atoms with Crippen LogP contribution in [0.1, 0.15) is 36.5 Å². The Hall–Kier alpha value is -3.31. The highest BCUT2D eigenvalue weighted by Gasteiger charge is 2.38. The number of anilines is 1. The molecule has 1 heterocycles. The zero-order valence-corrected chi connectivity index (χ0v) is 18.4. The maximum atomic E-state index is 13.2. The monoisotopic (exact) mass is 461 g/mol. The third-order valence-corrected chi connectivity index (χ3v) is 7.20. The number of nitrogens with zero attached hydrogens (tertiary/aromatic N) is 2. The van der Waals surface area contributed by atoms with E-state index in [0.29, 0.717) is 24.8 Å². The second kappa shape index (κ2) is 9.45. The van der Waals surface area contributed by atoms with Crippen LogP contribution in [0.5, 0.6) is 5.75 Å². The van der Waals surface area contributed by atoms with Crippen LogP contribution < -0.4 is 10.1 Å². The van der Waals surface area contributed by atoms with Crippen LogP contribution in [0.25, 0.3) is 0 Å². The van der Waals surface area contributed by atoms with E-state index in [4.69, 9.17) is 4.74 Å². The van der Waals surface area contributed by atoms with Gasteiger partial charge in [0.15, 0.2) is 5.78 Å². The molecule has 0 aliphatic carbocycles. The van der Waals surface area contributed by atoms with Gasteiger partial charge in [-0.2, -0.15) is 4.31 Å². The van der Waals surface area contributed by atoms with E-state index in [2.05, 4.69) is 5.32 Å². The van der Waals surface area contributed by atoms with E-state index in [0.717, 1.165) is 4.31 Å². The van der Waals surface area contributed by atoms with E-state index < -0.39 is 26.9 Å². The molecule has 0 radical (unpaired) electrons. The molecule has 10 nitrogen and oxygen atoms in total. The third-order valence-electron chi connectivity index (χ3n) is 5.28. The van der Waals surface area contributed by atoms with Crippen molar-refractivity contribution in [3.05, 3.63) is 58.1 Å². The molecule has 1 N–H and O–H groups in total. The largest absolute Gasteiger partial charge is 0.495 e. The first-order chi connectivity index (χ1) is 15.1. The molecule has 1 fully saturated rings. The van der Waals surface area contributed by atoms with E-state index in [1.807, 2.05) is 0 Å². The number of carbonyl (C=O) groups is 2. The number of nitro benzene ring substituents is 1. The zero-order valence-electron chi connectivity index (χ0n) is 17.6. The van der Waals surface area contributed by atoms with E-state index in [1.54, 1.807) is 0 Å². The quantitative estimate of drug-likeness (QED) is 0.380. The van der Waals surface area contributed by atoms with Crippen molar-refractivity contribution < 1.29 is 27.7 Å². The number of ether oxygens (including phenoxy) is 1. The molecule has 1 aliphatic heterocycles. The summed E-state index contributed by atoms with van der Waals surface area (Å²) in [5.41, 5.74) is 0.231. The highest BCUT2D eigenvalue weighted by atomic mass is 32.2. The van der Waals surface area contributed by atoms with Crippen LogP contribution in [0.2, 0.25) is 0 Å². The van der Waals surface area contributed by atoms with E-state index in [9.17, 15) is 28.1 Å². The summed E-state index contributed by atoms with van der Waals surface area (Å²) >= 11 is 0. The average molecular weight is 461 g/mol. The van der Waals surface area contributed by atoms with Gasteiger partial charge >= 0.3 is 0 Å². The molecule has 3 rings (SSSR count). The minimum Gasteiger partial charge on any atom is -0.495 e. The lowest BCUT2D eigenvalue weighted by Crippen LogP contribution is -2.49. The molecule has 2 aromatic rings. The molecule has 1 saturated heterocycles. The van der Waals surface area contributed by atoms with Crippen molar-refractivity contribution in [3.8, 4) is 5.75 Å². The fraction of sp³-hybridized carbons (Fsp3) is 0.333. The summed E-state index contributed by atoms with van der Waals surface area (Å²) in [4.78, 5) is 35.0. The Balaban J connectivity index is 1.89. The predicted octanol–water partition coefficient (Wildman–Crippen LogP) is 2.99. The number of hydrogen-bond acceptors (Lipinski definition) is 7. The molecular weight excluding hydrogens is 438 g/mol. The Kier molecular flexibility index (Phi) is 6.90. The molecule has 1 unspecified atom stereocenters. The van der Waals surface area contributed by atoms with Crippen molar-refractivity contribution >= 4 is 33.1 Å². The fourth-order valence-electron chi connectivity index (χ4n) is 3.57. The van der Waals surface area contributed by atoms with E-state index >= 15 is 0 Å². The molecule has 11 heteroatoms. The Morgan fingerprint density at radius 1 is 1.16 bits per heavy atom. The molecule has 1 amide bonds. The number of ketones is 1. The first-order valence-electron chi connectivity index (χ1n) is 9.91. The molecular formula is C21H23N3O7S. The van der Waals surface area contributed by atoms with Gasteiger partial charge in [-0.05, 0) is 38.0 Å². The lowest BCUT2D eigenvalue weighted by molar-refractivity contribution is -0.384. The predicted molar refractivity (Wildman–Crippen MR) is 116 cm³/mol. The lowest BCUT2D eigenvalue weighted by Gasteiger charge is -2.33. The van der Waals surface area contributed by atoms with Crippen LogP contribution in [-0.2, 0) is 14.8 Å². The molecule has 0 aromatic heterocycles. The molecule has 32 heavy (non-hydrogen) atoms. The SMILES string of the molecule is COc1ccc([N+](=O)[O-])cc1NC(=O)C1CCCCN1S(=O)(=O)c1ccc(C(C)=O)cc1. The average Bonchev–Trinajstić information content (AvgIpc) is 2.79. The second-order valence-electron chi connectivity index (χ2n) is 7.34. The third kappa shape index (κ3) is 4.78. The summed E-state index contributed by atoms with van der Waals surface area (Å²) in [6.07, 6.45) is 1.54. The number of nitrogens with one attached hydrogen (secondary N) is 1. The van der Waals surface area contributed by atoms with Crippen LogP contribution in [0.3, 0.4) is 0 Å². The van der Waals surface area contributed by atoms with Gasteiger partial charge in [-0.1, -0.05) is 18.6 Å². The zero-order chi connectivity index (χ0) is 23.5. The van der Waals surface area contributed by atoms with E-state index in [-0.39, 0.29) is 34.3 Å². The smallest absolute Gasteiger partial charge is 0.271 e. The number of hydrogen-bond donors (Lipinski definition) is 1. The minimum atomic E-state index is -4.01. The highest BCUT2D eigenvalue weighted by Crippen LogP contribution is 2.31. The van der Waals surface area contributed by atoms with Gasteiger partial charge in [0.2, 0.25) is 15.9 Å². The van der Waals surface area contributed by atoms with Gasteiger partial charge in [-0.25, -0.2) is 8.42 Å². The summed E-state index contributed by atoms with van der Waals surface area (Å²) in [6.45, 7) is 1.54. The summed E-state index contributed by atoms with van der Waals surface area (Å²) in [5, 5.41) is 13.7. The molecule has 1 aliphatic rings. The first-order valence-corrected chi connectivity index (χ1v) is 11.4. The maximum Gasteiger partial charge on any atom is 0.271 e.